The summed E-state index contributed by atoms with van der Waals surface area (Å²) in [5.74, 6) is 1.76. The Labute approximate surface area is 199 Å². The molecule has 5 N–H and O–H groups in total. The van der Waals surface area contributed by atoms with E-state index in [1.165, 1.54) is 18.6 Å². The Morgan fingerprint density at radius 1 is 1.29 bits per heavy atom. The van der Waals surface area contributed by atoms with Crippen LogP contribution >= 0.6 is 0 Å². The Bertz CT molecular complexity index is 1400. The molecular weight excluding hydrogens is 452 g/mol. The first-order valence-electron chi connectivity index (χ1n) is 10.6. The van der Waals surface area contributed by atoms with Gasteiger partial charge in [-0.2, -0.15) is 4.68 Å². The Kier molecular flexibility index (Phi) is 5.85. The van der Waals surface area contributed by atoms with Crippen molar-refractivity contribution in [1.29, 1.82) is 5.41 Å². The van der Waals surface area contributed by atoms with Gasteiger partial charge in [0, 0.05) is 29.2 Å². The van der Waals surface area contributed by atoms with Gasteiger partial charge in [0.15, 0.2) is 29.9 Å². The van der Waals surface area contributed by atoms with Gasteiger partial charge in [-0.1, -0.05) is 0 Å². The Balaban J connectivity index is 1.60. The van der Waals surface area contributed by atoms with Gasteiger partial charge in [0.2, 0.25) is 0 Å². The van der Waals surface area contributed by atoms with Crippen molar-refractivity contribution in [2.75, 3.05) is 19.2 Å². The summed E-state index contributed by atoms with van der Waals surface area (Å²) in [5, 5.41) is 15.5. The minimum Gasteiger partial charge on any atom is -0.493 e. The molecule has 1 atom stereocenters. The van der Waals surface area contributed by atoms with Gasteiger partial charge in [-0.25, -0.2) is 9.78 Å². The maximum absolute atomic E-state index is 12.8. The molecule has 0 radical (unpaired) electrons. The summed E-state index contributed by atoms with van der Waals surface area (Å²) in [6.45, 7) is 0.493. The van der Waals surface area contributed by atoms with Gasteiger partial charge in [-0.15, -0.1) is 5.10 Å². The average Bonchev–Trinajstić information content (AvgIpc) is 3.28. The number of rotatable bonds is 7. The van der Waals surface area contributed by atoms with E-state index in [1.54, 1.807) is 31.4 Å². The van der Waals surface area contributed by atoms with Crippen LogP contribution in [0.3, 0.4) is 0 Å². The number of benzene rings is 2. The van der Waals surface area contributed by atoms with Gasteiger partial charge in [0.25, 0.3) is 0 Å². The first-order valence-corrected chi connectivity index (χ1v) is 10.6. The number of hydrogen-bond acceptors (Lipinski definition) is 9. The zero-order chi connectivity index (χ0) is 24.4. The second-order valence-electron chi connectivity index (χ2n) is 7.68. The number of fused-ring (bicyclic) bond motifs is 1. The summed E-state index contributed by atoms with van der Waals surface area (Å²) in [7, 11) is 1.56. The monoisotopic (exact) mass is 474 g/mol. The molecule has 1 aliphatic heterocycles. The quantitative estimate of drug-likeness (QED) is 0.230. The lowest BCUT2D eigenvalue weighted by atomic mass is 10.0. The molecule has 2 aromatic heterocycles. The molecule has 0 fully saturated rings. The predicted octanol–water partition coefficient (Wildman–Crippen LogP) is 1.71. The molecule has 3 heterocycles. The maximum atomic E-state index is 12.8. The summed E-state index contributed by atoms with van der Waals surface area (Å²) in [4.78, 5) is 23.7. The summed E-state index contributed by atoms with van der Waals surface area (Å²) < 4.78 is 17.8. The van der Waals surface area contributed by atoms with E-state index >= 15 is 0 Å². The normalized spacial score (nSPS) is 13.4. The highest BCUT2D eigenvalue weighted by atomic mass is 16.7. The van der Waals surface area contributed by atoms with Crippen LogP contribution in [-0.4, -0.2) is 44.5 Å². The van der Waals surface area contributed by atoms with Crippen LogP contribution < -0.4 is 26.2 Å². The molecule has 0 bridgehead atoms. The van der Waals surface area contributed by atoms with Crippen molar-refractivity contribution in [1.82, 2.24) is 24.7 Å². The van der Waals surface area contributed by atoms with Gasteiger partial charge in [-0.3, -0.25) is 15.4 Å². The van der Waals surface area contributed by atoms with E-state index in [1.807, 2.05) is 12.1 Å². The number of anilines is 1. The molecule has 12 nitrogen and oxygen atoms in total. The Hall–Kier alpha value is -4.71. The van der Waals surface area contributed by atoms with Crippen molar-refractivity contribution in [2.24, 2.45) is 5.73 Å². The highest BCUT2D eigenvalue weighted by Crippen LogP contribution is 2.38. The van der Waals surface area contributed by atoms with Crippen LogP contribution in [0.2, 0.25) is 0 Å². The highest BCUT2D eigenvalue weighted by Gasteiger charge is 2.25. The molecule has 35 heavy (non-hydrogen) atoms. The van der Waals surface area contributed by atoms with Crippen molar-refractivity contribution in [3.05, 3.63) is 88.0 Å². The number of aromatic amines is 1. The molecule has 178 valence electrons. The lowest BCUT2D eigenvalue weighted by Crippen LogP contribution is -2.18. The topological polar surface area (TPSA) is 166 Å². The summed E-state index contributed by atoms with van der Waals surface area (Å²) in [6.07, 6.45) is 4.45. The Morgan fingerprint density at radius 3 is 2.83 bits per heavy atom. The van der Waals surface area contributed by atoms with E-state index in [2.05, 4.69) is 25.4 Å². The van der Waals surface area contributed by atoms with Gasteiger partial charge in [-0.05, 0) is 42.0 Å². The number of nitrogens with one attached hydrogen (secondary N) is 3. The maximum Gasteiger partial charge on any atom is 0.349 e. The molecule has 1 aliphatic rings. The second kappa shape index (κ2) is 9.27. The van der Waals surface area contributed by atoms with Gasteiger partial charge in [0.05, 0.1) is 19.9 Å². The number of nitrogens with two attached hydrogens (primary N) is 1. The van der Waals surface area contributed by atoms with Crippen molar-refractivity contribution in [2.45, 2.75) is 12.6 Å². The largest absolute Gasteiger partial charge is 0.493 e. The van der Waals surface area contributed by atoms with Gasteiger partial charge >= 0.3 is 5.69 Å². The number of methoxy groups -OCH3 is 1. The molecule has 0 aliphatic carbocycles. The predicted molar refractivity (Wildman–Crippen MR) is 126 cm³/mol. The van der Waals surface area contributed by atoms with Crippen LogP contribution in [0.5, 0.6) is 11.5 Å². The third kappa shape index (κ3) is 4.42. The highest BCUT2D eigenvalue weighted by molar-refractivity contribution is 5.95. The van der Waals surface area contributed by atoms with Crippen molar-refractivity contribution >= 4 is 11.5 Å². The molecule has 5 rings (SSSR count). The molecule has 0 spiro atoms. The fraction of sp³-hybridized carbons (Fsp3) is 0.174. The van der Waals surface area contributed by atoms with Crippen LogP contribution in [0, 0.1) is 5.41 Å². The third-order valence-corrected chi connectivity index (χ3v) is 5.43. The minimum absolute atomic E-state index is 0.0282. The molecule has 1 unspecified atom stereocenters. The first-order chi connectivity index (χ1) is 17.0. The molecule has 2 aromatic carbocycles. The standard InChI is InChI=1S/C23H22N8O4/c1-33-17-9-14(8-15-11-34-12-35-20(15)17)19(28-16-4-2-13(3-5-16)21(24)25)22-29-23(32)31(30-22)18-10-26-6-7-27-18/h2-10,19,28H,11-12H2,1H3,(H3,24,25)(H,29,30,32). The van der Waals surface area contributed by atoms with E-state index in [9.17, 15) is 4.79 Å². The first kappa shape index (κ1) is 22.1. The summed E-state index contributed by atoms with van der Waals surface area (Å²) in [5.41, 5.74) is 7.99. The van der Waals surface area contributed by atoms with Crippen molar-refractivity contribution < 1.29 is 14.2 Å². The molecular formula is C23H22N8O4. The van der Waals surface area contributed by atoms with Gasteiger partial charge < -0.3 is 25.3 Å². The van der Waals surface area contributed by atoms with Crippen LogP contribution in [0.1, 0.15) is 28.6 Å². The summed E-state index contributed by atoms with van der Waals surface area (Å²) in [6, 6.07) is 10.2. The second-order valence-corrected chi connectivity index (χ2v) is 7.68. The van der Waals surface area contributed by atoms with Crippen LogP contribution in [0.4, 0.5) is 5.69 Å². The van der Waals surface area contributed by atoms with Crippen LogP contribution in [0.15, 0.2) is 59.8 Å². The van der Waals surface area contributed by atoms with E-state index in [0.29, 0.717) is 29.5 Å². The van der Waals surface area contributed by atoms with Gasteiger partial charge in [0.1, 0.15) is 11.9 Å². The summed E-state index contributed by atoms with van der Waals surface area (Å²) >= 11 is 0. The third-order valence-electron chi connectivity index (χ3n) is 5.43. The molecule has 0 saturated carbocycles. The lowest BCUT2D eigenvalue weighted by molar-refractivity contribution is -0.0180. The SMILES string of the molecule is COc1cc(C(Nc2ccc(C(=N)N)cc2)c2nn(-c3cnccn3)c(=O)[nH]2)cc2c1OCOC2. The van der Waals surface area contributed by atoms with E-state index in [-0.39, 0.29) is 18.4 Å². The number of amidine groups is 1. The number of aromatic nitrogens is 5. The molecule has 4 aromatic rings. The van der Waals surface area contributed by atoms with Crippen molar-refractivity contribution in [3.8, 4) is 17.3 Å². The zero-order valence-electron chi connectivity index (χ0n) is 18.7. The van der Waals surface area contributed by atoms with Crippen LogP contribution in [-0.2, 0) is 11.3 Å². The smallest absolute Gasteiger partial charge is 0.349 e. The molecule has 0 amide bonds. The number of H-pyrrole nitrogens is 1. The Morgan fingerprint density at radius 2 is 2.11 bits per heavy atom. The number of nitrogens with zero attached hydrogens (tertiary/aromatic N) is 4. The number of nitrogen functional groups attached to an aromatic ring is 1. The fourth-order valence-electron chi connectivity index (χ4n) is 3.77. The molecule has 12 heteroatoms. The van der Waals surface area contributed by atoms with E-state index < -0.39 is 11.7 Å². The van der Waals surface area contributed by atoms with Crippen LogP contribution in [0.25, 0.3) is 5.82 Å². The van der Waals surface area contributed by atoms with E-state index in [0.717, 1.165) is 21.5 Å². The number of ether oxygens (including phenoxy) is 3. The lowest BCUT2D eigenvalue weighted by Gasteiger charge is -2.24. The van der Waals surface area contributed by atoms with E-state index in [4.69, 9.17) is 25.4 Å². The fourth-order valence-corrected chi connectivity index (χ4v) is 3.77. The zero-order valence-corrected chi connectivity index (χ0v) is 18.7. The minimum atomic E-state index is -0.593. The number of hydrogen-bond donors (Lipinski definition) is 4. The van der Waals surface area contributed by atoms with Crippen molar-refractivity contribution in [3.63, 3.8) is 0 Å². The average molecular weight is 474 g/mol. The molecule has 0 saturated heterocycles.